The van der Waals surface area contributed by atoms with Crippen LogP contribution in [0.4, 0.5) is 4.79 Å². The number of nitrogens with one attached hydrogen (secondary N) is 1. The molecule has 1 amide bonds. The van der Waals surface area contributed by atoms with Crippen molar-refractivity contribution in [2.24, 2.45) is 0 Å². The summed E-state index contributed by atoms with van der Waals surface area (Å²) in [6.07, 6.45) is 5.26. The van der Waals surface area contributed by atoms with Gasteiger partial charge in [-0.15, -0.1) is 0 Å². The van der Waals surface area contributed by atoms with E-state index >= 15 is 0 Å². The minimum absolute atomic E-state index is 0.0881. The fraction of sp³-hybridized carbons (Fsp3) is 0.667. The summed E-state index contributed by atoms with van der Waals surface area (Å²) in [5.74, 6) is 0.544. The standard InChI is InChI=1S/C21H32N2O5S/c1-3-17-13-19(22-29(2,26)27)20(23(17)21(24)25)14-28-18-11-9-16(10-12-18)15-7-5-4-6-8-15/h4-8,16-20,22H,3,9-14H2,1-2H3,(H,24,25)/t16?,17-,18?,19+,20+/m1/s1. The summed E-state index contributed by atoms with van der Waals surface area (Å²) >= 11 is 0. The van der Waals surface area contributed by atoms with Crippen molar-refractivity contribution in [2.45, 2.75) is 75.6 Å². The molecule has 3 rings (SSSR count). The van der Waals surface area contributed by atoms with E-state index in [-0.39, 0.29) is 18.8 Å². The predicted molar refractivity (Wildman–Crippen MR) is 112 cm³/mol. The molecule has 2 N–H and O–H groups in total. The van der Waals surface area contributed by atoms with E-state index in [1.807, 2.05) is 13.0 Å². The van der Waals surface area contributed by atoms with E-state index in [1.165, 1.54) is 10.5 Å². The largest absolute Gasteiger partial charge is 0.465 e. The maximum absolute atomic E-state index is 11.8. The average Bonchev–Trinajstić information content (AvgIpc) is 3.03. The molecule has 7 nitrogen and oxygen atoms in total. The molecule has 0 unspecified atom stereocenters. The van der Waals surface area contributed by atoms with Crippen molar-refractivity contribution in [1.29, 1.82) is 0 Å². The highest BCUT2D eigenvalue weighted by Gasteiger charge is 2.44. The summed E-state index contributed by atoms with van der Waals surface area (Å²) in [5, 5.41) is 9.69. The Hall–Kier alpha value is -1.64. The van der Waals surface area contributed by atoms with Gasteiger partial charge in [0.05, 0.1) is 25.0 Å². The highest BCUT2D eigenvalue weighted by molar-refractivity contribution is 7.88. The summed E-state index contributed by atoms with van der Waals surface area (Å²) in [6, 6.07) is 9.34. The molecule has 0 spiro atoms. The van der Waals surface area contributed by atoms with E-state index in [2.05, 4.69) is 29.0 Å². The lowest BCUT2D eigenvalue weighted by atomic mass is 9.83. The molecule has 2 fully saturated rings. The van der Waals surface area contributed by atoms with Gasteiger partial charge in [0.1, 0.15) is 0 Å². The summed E-state index contributed by atoms with van der Waals surface area (Å²) in [5.41, 5.74) is 1.36. The molecule has 1 heterocycles. The minimum Gasteiger partial charge on any atom is -0.465 e. The normalized spacial score (nSPS) is 30.4. The van der Waals surface area contributed by atoms with Gasteiger partial charge in [0.2, 0.25) is 10.0 Å². The van der Waals surface area contributed by atoms with Crippen LogP contribution in [0.15, 0.2) is 30.3 Å². The fourth-order valence-electron chi connectivity index (χ4n) is 4.81. The number of hydrogen-bond acceptors (Lipinski definition) is 4. The Labute approximate surface area is 173 Å². The second kappa shape index (κ2) is 9.45. The second-order valence-corrected chi connectivity index (χ2v) is 10.0. The Morgan fingerprint density at radius 1 is 1.21 bits per heavy atom. The van der Waals surface area contributed by atoms with Crippen LogP contribution >= 0.6 is 0 Å². The first-order chi connectivity index (χ1) is 13.8. The molecule has 1 aromatic rings. The van der Waals surface area contributed by atoms with Crippen molar-refractivity contribution in [3.05, 3.63) is 35.9 Å². The highest BCUT2D eigenvalue weighted by atomic mass is 32.2. The Morgan fingerprint density at radius 3 is 2.41 bits per heavy atom. The Kier molecular flexibility index (Phi) is 7.19. The van der Waals surface area contributed by atoms with Crippen LogP contribution in [0.3, 0.4) is 0 Å². The minimum atomic E-state index is -3.43. The van der Waals surface area contributed by atoms with Crippen LogP contribution in [0, 0.1) is 0 Å². The van der Waals surface area contributed by atoms with E-state index in [9.17, 15) is 18.3 Å². The SMILES string of the molecule is CC[C@@H]1C[C@H](NS(C)(=O)=O)[C@H](COC2CCC(c3ccccc3)CC2)N1C(=O)O. The quantitative estimate of drug-likeness (QED) is 0.701. The third-order valence-electron chi connectivity index (χ3n) is 6.25. The number of likely N-dealkylation sites (tertiary alicyclic amines) is 1. The molecule has 0 radical (unpaired) electrons. The first-order valence-corrected chi connectivity index (χ1v) is 12.3. The zero-order chi connectivity index (χ0) is 21.0. The van der Waals surface area contributed by atoms with Gasteiger partial charge >= 0.3 is 6.09 Å². The summed E-state index contributed by atoms with van der Waals surface area (Å²) < 4.78 is 32.3. The average molecular weight is 425 g/mol. The van der Waals surface area contributed by atoms with Crippen LogP contribution in [0.25, 0.3) is 0 Å². The molecule has 3 atom stereocenters. The van der Waals surface area contributed by atoms with Crippen molar-refractivity contribution < 1.29 is 23.1 Å². The van der Waals surface area contributed by atoms with Gasteiger partial charge < -0.3 is 9.84 Å². The number of amides is 1. The highest BCUT2D eigenvalue weighted by Crippen LogP contribution is 2.35. The van der Waals surface area contributed by atoms with Crippen LogP contribution in [0.5, 0.6) is 0 Å². The summed E-state index contributed by atoms with van der Waals surface area (Å²) in [4.78, 5) is 13.2. The number of hydrogen-bond donors (Lipinski definition) is 2. The van der Waals surface area contributed by atoms with Crippen LogP contribution in [0.2, 0.25) is 0 Å². The molecular weight excluding hydrogens is 392 g/mol. The summed E-state index contributed by atoms with van der Waals surface area (Å²) in [6.45, 7) is 2.14. The molecule has 0 aromatic heterocycles. The number of nitrogens with zero attached hydrogens (tertiary/aromatic N) is 1. The molecule has 1 saturated heterocycles. The van der Waals surface area contributed by atoms with Crippen molar-refractivity contribution in [1.82, 2.24) is 9.62 Å². The third-order valence-corrected chi connectivity index (χ3v) is 6.98. The van der Waals surface area contributed by atoms with Gasteiger partial charge in [-0.05, 0) is 50.0 Å². The number of sulfonamides is 1. The molecular formula is C21H32N2O5S. The Morgan fingerprint density at radius 2 is 1.86 bits per heavy atom. The second-order valence-electron chi connectivity index (χ2n) is 8.27. The van der Waals surface area contributed by atoms with Crippen LogP contribution in [0.1, 0.15) is 56.9 Å². The molecule has 29 heavy (non-hydrogen) atoms. The van der Waals surface area contributed by atoms with Gasteiger partial charge in [0.15, 0.2) is 0 Å². The zero-order valence-corrected chi connectivity index (χ0v) is 18.0. The van der Waals surface area contributed by atoms with Crippen LogP contribution in [-0.4, -0.2) is 61.6 Å². The van der Waals surface area contributed by atoms with Crippen molar-refractivity contribution >= 4 is 16.1 Å². The van der Waals surface area contributed by atoms with Crippen LogP contribution in [-0.2, 0) is 14.8 Å². The number of carboxylic acid groups (broad SMARTS) is 1. The van der Waals surface area contributed by atoms with Gasteiger partial charge in [-0.25, -0.2) is 17.9 Å². The lowest BCUT2D eigenvalue weighted by molar-refractivity contribution is -0.00780. The van der Waals surface area contributed by atoms with E-state index in [0.29, 0.717) is 18.8 Å². The van der Waals surface area contributed by atoms with Crippen LogP contribution < -0.4 is 4.72 Å². The third kappa shape index (κ3) is 5.71. The predicted octanol–water partition coefficient (Wildman–Crippen LogP) is 3.18. The van der Waals surface area contributed by atoms with E-state index in [1.54, 1.807) is 0 Å². The van der Waals surface area contributed by atoms with Gasteiger partial charge in [0.25, 0.3) is 0 Å². The molecule has 0 bridgehead atoms. The lowest BCUT2D eigenvalue weighted by Crippen LogP contribution is -2.50. The van der Waals surface area contributed by atoms with Gasteiger partial charge in [-0.3, -0.25) is 4.90 Å². The van der Waals surface area contributed by atoms with Gasteiger partial charge in [-0.2, -0.15) is 0 Å². The Bertz CT molecular complexity index is 778. The molecule has 8 heteroatoms. The molecule has 1 aliphatic carbocycles. The van der Waals surface area contributed by atoms with E-state index < -0.39 is 28.2 Å². The fourth-order valence-corrected chi connectivity index (χ4v) is 5.61. The number of rotatable bonds is 7. The zero-order valence-electron chi connectivity index (χ0n) is 17.2. The van der Waals surface area contributed by atoms with Crippen molar-refractivity contribution in [3.8, 4) is 0 Å². The smallest absolute Gasteiger partial charge is 0.407 e. The first kappa shape index (κ1) is 22.1. The van der Waals surface area contributed by atoms with Crippen molar-refractivity contribution in [3.63, 3.8) is 0 Å². The van der Waals surface area contributed by atoms with Gasteiger partial charge in [-0.1, -0.05) is 37.3 Å². The molecule has 1 saturated carbocycles. The maximum Gasteiger partial charge on any atom is 0.407 e. The topological polar surface area (TPSA) is 95.9 Å². The number of ether oxygens (including phenoxy) is 1. The van der Waals surface area contributed by atoms with Crippen molar-refractivity contribution in [2.75, 3.05) is 12.9 Å². The Balaban J connectivity index is 1.60. The molecule has 1 aliphatic heterocycles. The van der Waals surface area contributed by atoms with E-state index in [0.717, 1.165) is 31.9 Å². The lowest BCUT2D eigenvalue weighted by Gasteiger charge is -2.33. The number of carbonyl (C=O) groups is 1. The maximum atomic E-state index is 11.8. The number of benzene rings is 1. The molecule has 162 valence electrons. The first-order valence-electron chi connectivity index (χ1n) is 10.4. The molecule has 2 aliphatic rings. The molecule has 1 aromatic carbocycles. The monoisotopic (exact) mass is 424 g/mol. The van der Waals surface area contributed by atoms with E-state index in [4.69, 9.17) is 4.74 Å². The summed E-state index contributed by atoms with van der Waals surface area (Å²) in [7, 11) is -3.43. The van der Waals surface area contributed by atoms with Gasteiger partial charge in [0, 0.05) is 12.1 Å².